The molecule has 1 unspecified atom stereocenters. The first-order valence-corrected chi connectivity index (χ1v) is 13.6. The van der Waals surface area contributed by atoms with Crippen LogP contribution >= 0.6 is 0 Å². The predicted octanol–water partition coefficient (Wildman–Crippen LogP) is 6.48. The second kappa shape index (κ2) is 20.1. The van der Waals surface area contributed by atoms with Gasteiger partial charge in [0.1, 0.15) is 6.04 Å². The lowest BCUT2D eigenvalue weighted by Gasteiger charge is -2.43. The average Bonchev–Trinajstić information content (AvgIpc) is 2.79. The number of halogens is 1. The van der Waals surface area contributed by atoms with Gasteiger partial charge >= 0.3 is 0 Å². The summed E-state index contributed by atoms with van der Waals surface area (Å²) < 4.78 is 1.24. The molecule has 0 bridgehead atoms. The summed E-state index contributed by atoms with van der Waals surface area (Å²) in [7, 11) is 0. The van der Waals surface area contributed by atoms with Crippen molar-refractivity contribution in [3.8, 4) is 0 Å². The van der Waals surface area contributed by atoms with Crippen LogP contribution in [0.2, 0.25) is 0 Å². The largest absolute Gasteiger partial charge is 1.00 e. The Labute approximate surface area is 202 Å². The molecule has 182 valence electrons. The summed E-state index contributed by atoms with van der Waals surface area (Å²) in [6, 6.07) is 12.0. The zero-order chi connectivity index (χ0) is 21.9. The molecule has 0 N–H and O–H groups in total. The van der Waals surface area contributed by atoms with Crippen molar-refractivity contribution in [2.45, 2.75) is 130 Å². The van der Waals surface area contributed by atoms with Gasteiger partial charge in [-0.1, -0.05) is 121 Å². The third kappa shape index (κ3) is 12.3. The van der Waals surface area contributed by atoms with Gasteiger partial charge in [-0.2, -0.15) is 0 Å². The summed E-state index contributed by atoms with van der Waals surface area (Å²) >= 11 is 0. The van der Waals surface area contributed by atoms with Gasteiger partial charge in [-0.25, -0.2) is 0 Å². The Morgan fingerprint density at radius 1 is 0.548 bits per heavy atom. The summed E-state index contributed by atoms with van der Waals surface area (Å²) in [6.45, 7) is 13.2. The summed E-state index contributed by atoms with van der Waals surface area (Å²) in [5, 5.41) is 0. The summed E-state index contributed by atoms with van der Waals surface area (Å²) in [5.41, 5.74) is 1.55. The van der Waals surface area contributed by atoms with E-state index in [4.69, 9.17) is 0 Å². The van der Waals surface area contributed by atoms with Crippen LogP contribution in [0.5, 0.6) is 0 Å². The summed E-state index contributed by atoms with van der Waals surface area (Å²) in [5.74, 6) is 0. The Hall–Kier alpha value is -0.530. The molecule has 1 aromatic rings. The molecule has 0 aromatic heterocycles. The zero-order valence-electron chi connectivity index (χ0n) is 21.5. The molecule has 0 heterocycles. The molecule has 0 fully saturated rings. The maximum Gasteiger partial charge on any atom is 0.115 e. The quantitative estimate of drug-likeness (QED) is 0.157. The molecule has 0 saturated carbocycles. The molecule has 0 aliphatic heterocycles. The van der Waals surface area contributed by atoms with Gasteiger partial charge in [0.15, 0.2) is 0 Å². The van der Waals surface area contributed by atoms with E-state index in [2.05, 4.69) is 58.0 Å². The maximum absolute atomic E-state index is 2.38. The number of hydrogen-bond acceptors (Lipinski definition) is 0. The lowest BCUT2D eigenvalue weighted by atomic mass is 9.95. The van der Waals surface area contributed by atoms with E-state index in [1.54, 1.807) is 5.56 Å². The molecule has 0 aliphatic rings. The van der Waals surface area contributed by atoms with E-state index in [1.807, 2.05) is 0 Å². The van der Waals surface area contributed by atoms with Gasteiger partial charge in [-0.3, -0.25) is 0 Å². The Morgan fingerprint density at radius 3 is 1.32 bits per heavy atom. The Kier molecular flexibility index (Phi) is 19.8. The highest BCUT2D eigenvalue weighted by Crippen LogP contribution is 2.33. The number of nitrogens with zero attached hydrogens (tertiary/aromatic N) is 1. The van der Waals surface area contributed by atoms with E-state index in [0.717, 1.165) is 0 Å². The first-order valence-electron chi connectivity index (χ1n) is 13.6. The van der Waals surface area contributed by atoms with Crippen LogP contribution in [0.25, 0.3) is 0 Å². The first-order chi connectivity index (χ1) is 14.7. The van der Waals surface area contributed by atoms with Gasteiger partial charge in [0, 0.05) is 12.0 Å². The van der Waals surface area contributed by atoms with E-state index in [-0.39, 0.29) is 12.4 Å². The van der Waals surface area contributed by atoms with E-state index < -0.39 is 0 Å². The Morgan fingerprint density at radius 2 is 0.935 bits per heavy atom. The van der Waals surface area contributed by atoms with Crippen molar-refractivity contribution in [1.29, 1.82) is 0 Å². The molecular weight excluding hydrogens is 398 g/mol. The molecule has 0 amide bonds. The van der Waals surface area contributed by atoms with Gasteiger partial charge in [0.05, 0.1) is 19.6 Å². The molecule has 31 heavy (non-hydrogen) atoms. The number of benzene rings is 1. The molecule has 0 spiro atoms. The monoisotopic (exact) mass is 451 g/mol. The predicted molar refractivity (Wildman–Crippen MR) is 136 cm³/mol. The normalized spacial score (nSPS) is 12.5. The maximum atomic E-state index is 2.38. The second-order valence-corrected chi connectivity index (χ2v) is 9.48. The van der Waals surface area contributed by atoms with Gasteiger partial charge in [0.2, 0.25) is 0 Å². The van der Waals surface area contributed by atoms with Crippen LogP contribution in [0.1, 0.15) is 136 Å². The van der Waals surface area contributed by atoms with Crippen LogP contribution in [0, 0.1) is 0 Å². The van der Waals surface area contributed by atoms with Crippen molar-refractivity contribution in [1.82, 2.24) is 0 Å². The molecule has 0 radical (unpaired) electrons. The third-order valence-electron chi connectivity index (χ3n) is 7.57. The third-order valence-corrected chi connectivity index (χ3v) is 7.57. The SMILES string of the molecule is CCCCCCCCCCCCCCCCC(c1ccccc1)[N+](CC)(CC)CC.[Cl-]. The fourth-order valence-electron chi connectivity index (χ4n) is 5.30. The smallest absolute Gasteiger partial charge is 0.115 e. The van der Waals surface area contributed by atoms with Gasteiger partial charge < -0.3 is 16.9 Å². The van der Waals surface area contributed by atoms with Crippen LogP contribution in [0.4, 0.5) is 0 Å². The van der Waals surface area contributed by atoms with Crippen molar-refractivity contribution in [2.75, 3.05) is 19.6 Å². The summed E-state index contributed by atoms with van der Waals surface area (Å²) in [4.78, 5) is 0. The fourth-order valence-corrected chi connectivity index (χ4v) is 5.30. The molecule has 0 aliphatic carbocycles. The number of quaternary nitrogens is 1. The van der Waals surface area contributed by atoms with Crippen LogP contribution in [0.15, 0.2) is 30.3 Å². The average molecular weight is 452 g/mol. The zero-order valence-corrected chi connectivity index (χ0v) is 22.3. The summed E-state index contributed by atoms with van der Waals surface area (Å²) in [6.07, 6.45) is 21.5. The topological polar surface area (TPSA) is 0 Å². The van der Waals surface area contributed by atoms with E-state index >= 15 is 0 Å². The number of hydrogen-bond donors (Lipinski definition) is 0. The minimum Gasteiger partial charge on any atom is -1.00 e. The molecule has 1 aromatic carbocycles. The number of rotatable bonds is 20. The molecule has 1 nitrogen and oxygen atoms in total. The van der Waals surface area contributed by atoms with E-state index in [9.17, 15) is 0 Å². The highest BCUT2D eigenvalue weighted by molar-refractivity contribution is 5.17. The lowest BCUT2D eigenvalue weighted by molar-refractivity contribution is -0.953. The van der Waals surface area contributed by atoms with Crippen molar-refractivity contribution < 1.29 is 16.9 Å². The minimum atomic E-state index is 0. The fraction of sp³-hybridized carbons (Fsp3) is 0.793. The van der Waals surface area contributed by atoms with Crippen LogP contribution in [-0.2, 0) is 0 Å². The molecule has 0 saturated heterocycles. The van der Waals surface area contributed by atoms with Gasteiger partial charge in [0.25, 0.3) is 0 Å². The number of unbranched alkanes of at least 4 members (excludes halogenated alkanes) is 13. The van der Waals surface area contributed by atoms with Crippen LogP contribution < -0.4 is 12.4 Å². The second-order valence-electron chi connectivity index (χ2n) is 9.48. The Bertz CT molecular complexity index is 475. The lowest BCUT2D eigenvalue weighted by Crippen LogP contribution is -3.00. The van der Waals surface area contributed by atoms with Gasteiger partial charge in [-0.05, 0) is 27.2 Å². The molecule has 1 rings (SSSR count). The molecular formula is C29H54ClN. The molecule has 1 atom stereocenters. The van der Waals surface area contributed by atoms with Crippen LogP contribution in [0.3, 0.4) is 0 Å². The minimum absolute atomic E-state index is 0. The van der Waals surface area contributed by atoms with Crippen molar-refractivity contribution in [2.24, 2.45) is 0 Å². The van der Waals surface area contributed by atoms with E-state index in [0.29, 0.717) is 6.04 Å². The van der Waals surface area contributed by atoms with E-state index in [1.165, 1.54) is 120 Å². The first kappa shape index (κ1) is 30.5. The highest BCUT2D eigenvalue weighted by Gasteiger charge is 2.32. The van der Waals surface area contributed by atoms with Crippen molar-refractivity contribution in [3.63, 3.8) is 0 Å². The van der Waals surface area contributed by atoms with Crippen LogP contribution in [-0.4, -0.2) is 24.1 Å². The van der Waals surface area contributed by atoms with Gasteiger partial charge in [-0.15, -0.1) is 0 Å². The standard InChI is InChI=1S/C29H54N.ClH/c1-5-9-10-11-12-13-14-15-16-17-18-19-20-24-27-29(28-25-22-21-23-26-28)30(6-2,7-3)8-4;/h21-23,25-26,29H,5-20,24,27H2,1-4H3;1H/q+1;/p-1. The van der Waals surface area contributed by atoms with Crippen molar-refractivity contribution >= 4 is 0 Å². The highest BCUT2D eigenvalue weighted by atomic mass is 35.5. The Balaban J connectivity index is 0.00000900. The molecule has 2 heteroatoms. The van der Waals surface area contributed by atoms with Crippen molar-refractivity contribution in [3.05, 3.63) is 35.9 Å².